The second kappa shape index (κ2) is 3.56. The fourth-order valence-corrected chi connectivity index (χ4v) is 1.58. The summed E-state index contributed by atoms with van der Waals surface area (Å²) in [5, 5.41) is 3.00. The molecule has 0 aromatic heterocycles. The summed E-state index contributed by atoms with van der Waals surface area (Å²) in [4.78, 5) is 6.19. The number of hydrogen-bond donors (Lipinski definition) is 3. The van der Waals surface area contributed by atoms with Crippen LogP contribution in [-0.4, -0.2) is 42.9 Å². The largest absolute Gasteiger partial charge is 0.384 e. The molecule has 78 valence electrons. The van der Waals surface area contributed by atoms with Crippen LogP contribution in [0.5, 0.6) is 0 Å². The van der Waals surface area contributed by atoms with E-state index in [0.29, 0.717) is 19.0 Å². The molecule has 1 atom stereocenters. The Hall–Kier alpha value is -1.11. The highest BCUT2D eigenvalue weighted by Crippen LogP contribution is 2.12. The van der Waals surface area contributed by atoms with E-state index in [4.69, 9.17) is 16.2 Å². The van der Waals surface area contributed by atoms with Crippen LogP contribution in [0, 0.1) is 0 Å². The molecule has 6 nitrogen and oxygen atoms in total. The maximum Gasteiger partial charge on any atom is 0.246 e. The zero-order valence-corrected chi connectivity index (χ0v) is 7.94. The van der Waals surface area contributed by atoms with E-state index in [-0.39, 0.29) is 0 Å². The predicted octanol–water partition coefficient (Wildman–Crippen LogP) is -1.64. The number of morpholine rings is 1. The van der Waals surface area contributed by atoms with Gasteiger partial charge in [-0.3, -0.25) is 5.73 Å². The van der Waals surface area contributed by atoms with Crippen molar-refractivity contribution in [3.05, 3.63) is 12.3 Å². The molecule has 1 unspecified atom stereocenters. The molecule has 1 fully saturated rings. The summed E-state index contributed by atoms with van der Waals surface area (Å²) in [6.07, 6.45) is 3.41. The lowest BCUT2D eigenvalue weighted by Crippen LogP contribution is -2.66. The molecule has 0 aromatic carbocycles. The molecule has 2 aliphatic heterocycles. The third-order valence-corrected chi connectivity index (χ3v) is 2.34. The lowest BCUT2D eigenvalue weighted by Gasteiger charge is -2.40. The summed E-state index contributed by atoms with van der Waals surface area (Å²) in [6.45, 7) is 2.88. The van der Waals surface area contributed by atoms with Crippen molar-refractivity contribution in [3.63, 3.8) is 0 Å². The molecule has 2 aliphatic rings. The first-order valence-corrected chi connectivity index (χ1v) is 4.62. The number of aliphatic imine (C=N–C) groups is 1. The minimum Gasteiger partial charge on any atom is -0.384 e. The molecule has 0 bridgehead atoms. The molecule has 0 radical (unpaired) electrons. The summed E-state index contributed by atoms with van der Waals surface area (Å²) in [5.74, 6) is -0.458. The highest BCUT2D eigenvalue weighted by Gasteiger charge is 2.33. The first kappa shape index (κ1) is 9.45. The van der Waals surface area contributed by atoms with E-state index in [1.807, 2.05) is 4.90 Å². The second-order valence-electron chi connectivity index (χ2n) is 3.34. The van der Waals surface area contributed by atoms with Crippen molar-refractivity contribution < 1.29 is 4.74 Å². The van der Waals surface area contributed by atoms with Gasteiger partial charge in [0.15, 0.2) is 0 Å². The van der Waals surface area contributed by atoms with Gasteiger partial charge < -0.3 is 15.8 Å². The Morgan fingerprint density at radius 1 is 1.50 bits per heavy atom. The fourth-order valence-electron chi connectivity index (χ4n) is 1.58. The van der Waals surface area contributed by atoms with Crippen LogP contribution in [0.25, 0.3) is 0 Å². The number of nitrogens with zero attached hydrogens (tertiary/aromatic N) is 2. The molecule has 0 aromatic rings. The monoisotopic (exact) mass is 197 g/mol. The van der Waals surface area contributed by atoms with Crippen LogP contribution < -0.4 is 16.8 Å². The van der Waals surface area contributed by atoms with Gasteiger partial charge in [-0.2, -0.15) is 0 Å². The molecular weight excluding hydrogens is 182 g/mol. The number of nitrogens with two attached hydrogens (primary N) is 2. The van der Waals surface area contributed by atoms with E-state index >= 15 is 0 Å². The second-order valence-corrected chi connectivity index (χ2v) is 3.34. The van der Waals surface area contributed by atoms with E-state index in [9.17, 15) is 0 Å². The molecule has 0 amide bonds. The number of amidine groups is 1. The van der Waals surface area contributed by atoms with Crippen molar-refractivity contribution in [3.8, 4) is 0 Å². The highest BCUT2D eigenvalue weighted by atomic mass is 16.5. The van der Waals surface area contributed by atoms with Crippen LogP contribution in [-0.2, 0) is 4.74 Å². The van der Waals surface area contributed by atoms with Crippen molar-refractivity contribution in [1.29, 1.82) is 0 Å². The fraction of sp³-hybridized carbons (Fsp3) is 0.625. The summed E-state index contributed by atoms with van der Waals surface area (Å²) >= 11 is 0. The number of rotatable bonds is 1. The van der Waals surface area contributed by atoms with Gasteiger partial charge in [0.2, 0.25) is 5.91 Å². The summed E-state index contributed by atoms with van der Waals surface area (Å²) in [5.41, 5.74) is 11.7. The molecule has 1 saturated heterocycles. The first-order valence-electron chi connectivity index (χ1n) is 4.62. The lowest BCUT2D eigenvalue weighted by molar-refractivity contribution is -0.0265. The zero-order chi connectivity index (χ0) is 10.0. The molecule has 0 saturated carbocycles. The molecule has 0 spiro atoms. The number of hydrogen-bond acceptors (Lipinski definition) is 6. The molecule has 2 heterocycles. The van der Waals surface area contributed by atoms with Gasteiger partial charge in [0.05, 0.1) is 13.2 Å². The number of nitrogens with one attached hydrogen (secondary N) is 1. The van der Waals surface area contributed by atoms with E-state index in [1.54, 1.807) is 12.3 Å². The average molecular weight is 197 g/mol. The van der Waals surface area contributed by atoms with Gasteiger partial charge in [0, 0.05) is 19.3 Å². The molecular formula is C8H15N5O. The van der Waals surface area contributed by atoms with Crippen LogP contribution in [0.2, 0.25) is 0 Å². The minimum absolute atomic E-state index is 0.442. The van der Waals surface area contributed by atoms with Crippen LogP contribution in [0.15, 0.2) is 17.3 Å². The standard InChI is InChI=1S/C8H15N5O/c9-7-1-2-11-8(10,12-7)13-3-5-14-6-4-13/h1-2,11H,3-6,10H2,(H2,9,12). The SMILES string of the molecule is NC1=NC(N)(N2CCOCC2)NC=C1. The van der Waals surface area contributed by atoms with Crippen LogP contribution in [0.3, 0.4) is 0 Å². The Balaban J connectivity index is 2.11. The topological polar surface area (TPSA) is 88.9 Å². The normalized spacial score (nSPS) is 33.6. The van der Waals surface area contributed by atoms with Gasteiger partial charge in [0.1, 0.15) is 5.84 Å². The predicted molar refractivity (Wildman–Crippen MR) is 53.2 cm³/mol. The van der Waals surface area contributed by atoms with E-state index in [1.165, 1.54) is 0 Å². The van der Waals surface area contributed by atoms with Gasteiger partial charge in [-0.25, -0.2) is 9.89 Å². The van der Waals surface area contributed by atoms with Crippen molar-refractivity contribution in [2.24, 2.45) is 16.5 Å². The van der Waals surface area contributed by atoms with Gasteiger partial charge >= 0.3 is 0 Å². The number of ether oxygens (including phenoxy) is 1. The Morgan fingerprint density at radius 3 is 2.86 bits per heavy atom. The molecule has 0 aliphatic carbocycles. The first-order chi connectivity index (χ1) is 6.71. The maximum atomic E-state index is 6.06. The van der Waals surface area contributed by atoms with Gasteiger partial charge in [-0.05, 0) is 6.08 Å². The van der Waals surface area contributed by atoms with Crippen LogP contribution >= 0.6 is 0 Å². The summed E-state index contributed by atoms with van der Waals surface area (Å²) < 4.78 is 5.24. The molecule has 6 heteroatoms. The molecule has 5 N–H and O–H groups in total. The van der Waals surface area contributed by atoms with Gasteiger partial charge in [-0.1, -0.05) is 0 Å². The Labute approximate surface area is 82.6 Å². The van der Waals surface area contributed by atoms with E-state index in [0.717, 1.165) is 13.1 Å². The third-order valence-electron chi connectivity index (χ3n) is 2.34. The van der Waals surface area contributed by atoms with Crippen molar-refractivity contribution >= 4 is 5.84 Å². The highest BCUT2D eigenvalue weighted by molar-refractivity contribution is 5.92. The van der Waals surface area contributed by atoms with Crippen molar-refractivity contribution in [1.82, 2.24) is 10.2 Å². The van der Waals surface area contributed by atoms with Crippen molar-refractivity contribution in [2.75, 3.05) is 26.3 Å². The maximum absolute atomic E-state index is 6.06. The van der Waals surface area contributed by atoms with E-state index in [2.05, 4.69) is 10.3 Å². The smallest absolute Gasteiger partial charge is 0.246 e. The Kier molecular flexibility index (Phi) is 2.40. The Bertz CT molecular complexity index is 271. The average Bonchev–Trinajstić information content (AvgIpc) is 2.19. The Morgan fingerprint density at radius 2 is 2.21 bits per heavy atom. The van der Waals surface area contributed by atoms with Crippen LogP contribution in [0.1, 0.15) is 0 Å². The molecule has 14 heavy (non-hydrogen) atoms. The van der Waals surface area contributed by atoms with Crippen LogP contribution in [0.4, 0.5) is 0 Å². The summed E-state index contributed by atoms with van der Waals surface area (Å²) in [7, 11) is 0. The van der Waals surface area contributed by atoms with Gasteiger partial charge in [-0.15, -0.1) is 0 Å². The quantitative estimate of drug-likeness (QED) is 0.469. The van der Waals surface area contributed by atoms with Gasteiger partial charge in [0.25, 0.3) is 0 Å². The molecule has 2 rings (SSSR count). The van der Waals surface area contributed by atoms with Crippen molar-refractivity contribution in [2.45, 2.75) is 5.91 Å². The summed E-state index contributed by atoms with van der Waals surface area (Å²) in [6, 6.07) is 0. The van der Waals surface area contributed by atoms with E-state index < -0.39 is 5.91 Å². The zero-order valence-electron chi connectivity index (χ0n) is 7.94. The third kappa shape index (κ3) is 1.72. The minimum atomic E-state index is -0.900. The lowest BCUT2D eigenvalue weighted by atomic mass is 10.3.